The van der Waals surface area contributed by atoms with E-state index in [1.54, 1.807) is 16.3 Å². The highest BCUT2D eigenvalue weighted by atomic mass is 35.5. The van der Waals surface area contributed by atoms with Crippen LogP contribution in [-0.2, 0) is 17.8 Å². The van der Waals surface area contributed by atoms with Crippen molar-refractivity contribution in [2.75, 3.05) is 19.0 Å². The van der Waals surface area contributed by atoms with Gasteiger partial charge in [-0.3, -0.25) is 4.68 Å². The zero-order valence-electron chi connectivity index (χ0n) is 15.7. The number of fused-ring (bicyclic) bond motifs is 1. The van der Waals surface area contributed by atoms with Crippen LogP contribution in [-0.4, -0.2) is 40.3 Å². The second-order valence-electron chi connectivity index (χ2n) is 6.61. The third-order valence-corrected chi connectivity index (χ3v) is 5.83. The summed E-state index contributed by atoms with van der Waals surface area (Å²) < 4.78 is 6.71. The Bertz CT molecular complexity index is 1060. The number of urea groups is 1. The van der Waals surface area contributed by atoms with Crippen molar-refractivity contribution in [1.82, 2.24) is 14.7 Å². The molecule has 0 atom stereocenters. The summed E-state index contributed by atoms with van der Waals surface area (Å²) in [7, 11) is 1.32. The number of carbonyl (C=O) groups excluding carboxylic acids is 2. The van der Waals surface area contributed by atoms with E-state index in [-0.39, 0.29) is 6.03 Å². The molecule has 4 rings (SSSR count). The lowest BCUT2D eigenvalue weighted by Crippen LogP contribution is -2.34. The van der Waals surface area contributed by atoms with E-state index >= 15 is 0 Å². The Morgan fingerprint density at radius 3 is 2.90 bits per heavy atom. The zero-order chi connectivity index (χ0) is 20.4. The van der Waals surface area contributed by atoms with Gasteiger partial charge in [0.05, 0.1) is 30.7 Å². The topological polar surface area (TPSA) is 76.5 Å². The van der Waals surface area contributed by atoms with Gasteiger partial charge in [-0.2, -0.15) is 5.10 Å². The third kappa shape index (κ3) is 4.13. The number of rotatable bonds is 3. The first-order valence-corrected chi connectivity index (χ1v) is 10.4. The Hall–Kier alpha value is -2.84. The van der Waals surface area contributed by atoms with Crippen molar-refractivity contribution in [1.29, 1.82) is 0 Å². The normalized spacial score (nSPS) is 13.5. The van der Waals surface area contributed by atoms with Crippen molar-refractivity contribution < 1.29 is 14.3 Å². The Kier molecular flexibility index (Phi) is 5.55. The van der Waals surface area contributed by atoms with E-state index < -0.39 is 5.97 Å². The number of methoxy groups -OCH3 is 1. The summed E-state index contributed by atoms with van der Waals surface area (Å²) >= 11 is 7.33. The molecule has 3 heterocycles. The van der Waals surface area contributed by atoms with Crippen molar-refractivity contribution in [3.63, 3.8) is 0 Å². The highest BCUT2D eigenvalue weighted by molar-refractivity contribution is 7.12. The summed E-state index contributed by atoms with van der Waals surface area (Å²) in [5.41, 5.74) is 3.18. The van der Waals surface area contributed by atoms with Crippen molar-refractivity contribution in [2.24, 2.45) is 0 Å². The van der Waals surface area contributed by atoms with Gasteiger partial charge in [0.25, 0.3) is 0 Å². The maximum absolute atomic E-state index is 12.8. The van der Waals surface area contributed by atoms with Crippen LogP contribution < -0.4 is 5.32 Å². The van der Waals surface area contributed by atoms with Gasteiger partial charge in [-0.15, -0.1) is 11.3 Å². The molecule has 9 heteroatoms. The molecule has 0 bridgehead atoms. The molecule has 0 saturated carbocycles. The molecule has 1 aliphatic rings. The minimum absolute atomic E-state index is 0.257. The molecule has 0 saturated heterocycles. The number of ether oxygens (including phenoxy) is 1. The SMILES string of the molecule is COC(=O)c1sccc1NC(=O)N1CCCn2nc(-c3cccc(Cl)c3)cc2C1. The summed E-state index contributed by atoms with van der Waals surface area (Å²) in [6, 6.07) is 11.0. The molecule has 150 valence electrons. The minimum atomic E-state index is -0.463. The highest BCUT2D eigenvalue weighted by Crippen LogP contribution is 2.26. The monoisotopic (exact) mass is 430 g/mol. The number of hydrogen-bond acceptors (Lipinski definition) is 5. The first-order valence-electron chi connectivity index (χ1n) is 9.09. The van der Waals surface area contributed by atoms with E-state index in [2.05, 4.69) is 10.4 Å². The number of benzene rings is 1. The van der Waals surface area contributed by atoms with Crippen LogP contribution in [0, 0.1) is 0 Å². The summed E-state index contributed by atoms with van der Waals surface area (Å²) in [4.78, 5) is 26.8. The fourth-order valence-electron chi connectivity index (χ4n) is 3.28. The Balaban J connectivity index is 1.52. The van der Waals surface area contributed by atoms with Gasteiger partial charge in [-0.1, -0.05) is 23.7 Å². The average molecular weight is 431 g/mol. The van der Waals surface area contributed by atoms with Crippen LogP contribution in [0.4, 0.5) is 10.5 Å². The third-order valence-electron chi connectivity index (χ3n) is 4.70. The number of hydrogen-bond donors (Lipinski definition) is 1. The van der Waals surface area contributed by atoms with E-state index in [0.29, 0.717) is 28.7 Å². The lowest BCUT2D eigenvalue weighted by molar-refractivity contribution is 0.0607. The van der Waals surface area contributed by atoms with Crippen LogP contribution in [0.5, 0.6) is 0 Å². The number of carbonyl (C=O) groups is 2. The molecule has 7 nitrogen and oxygen atoms in total. The second-order valence-corrected chi connectivity index (χ2v) is 7.97. The zero-order valence-corrected chi connectivity index (χ0v) is 17.3. The Morgan fingerprint density at radius 2 is 2.10 bits per heavy atom. The Morgan fingerprint density at radius 1 is 1.24 bits per heavy atom. The standard InChI is InChI=1S/C20H19ClN4O3S/c1-28-19(26)18-16(6-9-29-18)22-20(27)24-7-3-8-25-15(12-24)11-17(23-25)13-4-2-5-14(21)10-13/h2,4-6,9-11H,3,7-8,12H2,1H3,(H,22,27). The van der Waals surface area contributed by atoms with Gasteiger partial charge in [0.15, 0.2) is 0 Å². The molecule has 1 N–H and O–H groups in total. The van der Waals surface area contributed by atoms with Crippen LogP contribution in [0.15, 0.2) is 41.8 Å². The first-order chi connectivity index (χ1) is 14.0. The van der Waals surface area contributed by atoms with Crippen molar-refractivity contribution in [2.45, 2.75) is 19.5 Å². The van der Waals surface area contributed by atoms with Gasteiger partial charge >= 0.3 is 12.0 Å². The highest BCUT2D eigenvalue weighted by Gasteiger charge is 2.23. The Labute approximate surface area is 176 Å². The summed E-state index contributed by atoms with van der Waals surface area (Å²) in [5.74, 6) is -0.463. The number of nitrogens with one attached hydrogen (secondary N) is 1. The maximum Gasteiger partial charge on any atom is 0.350 e. The molecule has 1 aromatic carbocycles. The van der Waals surface area contributed by atoms with Crippen LogP contribution >= 0.6 is 22.9 Å². The number of nitrogens with zero attached hydrogens (tertiary/aromatic N) is 3. The molecule has 1 aliphatic heterocycles. The molecule has 29 heavy (non-hydrogen) atoms. The van der Waals surface area contributed by atoms with E-state index in [1.807, 2.05) is 35.0 Å². The number of esters is 1. The summed E-state index contributed by atoms with van der Waals surface area (Å²) in [5, 5.41) is 9.91. The van der Waals surface area contributed by atoms with E-state index in [0.717, 1.165) is 29.9 Å². The molecule has 2 aromatic heterocycles. The molecule has 2 amide bonds. The molecule has 0 unspecified atom stereocenters. The van der Waals surface area contributed by atoms with Crippen LogP contribution in [0.1, 0.15) is 21.8 Å². The maximum atomic E-state index is 12.8. The van der Waals surface area contributed by atoms with Gasteiger partial charge in [-0.05, 0) is 36.1 Å². The molecule has 0 spiro atoms. The van der Waals surface area contributed by atoms with Crippen LogP contribution in [0.2, 0.25) is 5.02 Å². The lowest BCUT2D eigenvalue weighted by Gasteiger charge is -2.20. The van der Waals surface area contributed by atoms with Crippen molar-refractivity contribution in [3.8, 4) is 11.3 Å². The quantitative estimate of drug-likeness (QED) is 0.621. The van der Waals surface area contributed by atoms with Gasteiger partial charge in [-0.25, -0.2) is 9.59 Å². The molecule has 3 aromatic rings. The lowest BCUT2D eigenvalue weighted by atomic mass is 10.1. The number of aryl methyl sites for hydroxylation is 1. The first kappa shape index (κ1) is 19.5. The molecule has 0 aliphatic carbocycles. The molecule has 0 radical (unpaired) electrons. The predicted molar refractivity (Wildman–Crippen MR) is 112 cm³/mol. The average Bonchev–Trinajstić information content (AvgIpc) is 3.29. The van der Waals surface area contributed by atoms with E-state index in [1.165, 1.54) is 18.4 Å². The van der Waals surface area contributed by atoms with Crippen LogP contribution in [0.3, 0.4) is 0 Å². The van der Waals surface area contributed by atoms with Crippen LogP contribution in [0.25, 0.3) is 11.3 Å². The number of thiophene rings is 1. The number of halogens is 1. The van der Waals surface area contributed by atoms with Gasteiger partial charge in [0.1, 0.15) is 4.88 Å². The minimum Gasteiger partial charge on any atom is -0.465 e. The smallest absolute Gasteiger partial charge is 0.350 e. The number of aromatic nitrogens is 2. The van der Waals surface area contributed by atoms with Gasteiger partial charge < -0.3 is 15.0 Å². The fraction of sp³-hybridized carbons (Fsp3) is 0.250. The largest absolute Gasteiger partial charge is 0.465 e. The van der Waals surface area contributed by atoms with Gasteiger partial charge in [0.2, 0.25) is 0 Å². The second kappa shape index (κ2) is 8.26. The molecular weight excluding hydrogens is 412 g/mol. The van der Waals surface area contributed by atoms with Gasteiger partial charge in [0, 0.05) is 23.7 Å². The summed E-state index contributed by atoms with van der Waals surface area (Å²) in [6.07, 6.45) is 0.782. The molecular formula is C20H19ClN4O3S. The van der Waals surface area contributed by atoms with E-state index in [9.17, 15) is 9.59 Å². The number of anilines is 1. The number of amides is 2. The predicted octanol–water partition coefficient (Wildman–Crippen LogP) is 4.49. The molecule has 0 fully saturated rings. The van der Waals surface area contributed by atoms with E-state index in [4.69, 9.17) is 16.3 Å². The van der Waals surface area contributed by atoms with Crippen molar-refractivity contribution in [3.05, 3.63) is 57.4 Å². The fourth-order valence-corrected chi connectivity index (χ4v) is 4.23. The van der Waals surface area contributed by atoms with Crippen molar-refractivity contribution >= 4 is 40.6 Å². The summed E-state index contributed by atoms with van der Waals surface area (Å²) in [6.45, 7) is 1.75.